The number of aliphatic hydroxyl groups is 1. The molecule has 0 radical (unpaired) electrons. The molecule has 1 aromatic rings. The van der Waals surface area contributed by atoms with E-state index in [9.17, 15) is 5.11 Å². The molecule has 1 aromatic heterocycles. The smallest absolute Gasteiger partial charge is 0.161 e. The summed E-state index contributed by atoms with van der Waals surface area (Å²) in [6.07, 6.45) is 0. The monoisotopic (exact) mass is 237 g/mol. The zero-order valence-corrected chi connectivity index (χ0v) is 10.8. The molecule has 1 rings (SSSR count). The fourth-order valence-electron chi connectivity index (χ4n) is 1.60. The first-order valence-electron chi connectivity index (χ1n) is 5.65. The van der Waals surface area contributed by atoms with Crippen molar-refractivity contribution in [1.82, 2.24) is 9.55 Å². The van der Waals surface area contributed by atoms with E-state index >= 15 is 0 Å². The molecule has 0 saturated carbocycles. The quantitative estimate of drug-likeness (QED) is 0.839. The summed E-state index contributed by atoms with van der Waals surface area (Å²) in [5.41, 5.74) is 0.312. The minimum Gasteiger partial charge on any atom is -0.389 e. The predicted molar refractivity (Wildman–Crippen MR) is 63.3 cm³/mol. The van der Waals surface area contributed by atoms with Gasteiger partial charge in [0.2, 0.25) is 0 Å². The number of hydrogen-bond donors (Lipinski definition) is 1. The van der Waals surface area contributed by atoms with Crippen LogP contribution in [-0.2, 0) is 17.9 Å². The van der Waals surface area contributed by atoms with E-state index < -0.39 is 5.60 Å². The summed E-state index contributed by atoms with van der Waals surface area (Å²) in [7, 11) is 0. The number of hydrogen-bond acceptors (Lipinski definition) is 4. The van der Waals surface area contributed by atoms with Crippen LogP contribution in [0.15, 0.2) is 0 Å². The maximum absolute atomic E-state index is 9.86. The van der Waals surface area contributed by atoms with Crippen LogP contribution in [0.4, 0.5) is 0 Å². The van der Waals surface area contributed by atoms with E-state index in [4.69, 9.17) is 10.00 Å². The Morgan fingerprint density at radius 2 is 2.18 bits per heavy atom. The van der Waals surface area contributed by atoms with Gasteiger partial charge in [0.15, 0.2) is 5.69 Å². The molecular formula is C12H19N3O2. The van der Waals surface area contributed by atoms with Crippen LogP contribution in [0.3, 0.4) is 0 Å². The highest BCUT2D eigenvalue weighted by molar-refractivity contribution is 5.28. The van der Waals surface area contributed by atoms with Crippen molar-refractivity contribution in [1.29, 1.82) is 5.26 Å². The molecule has 0 aliphatic rings. The third kappa shape index (κ3) is 3.55. The summed E-state index contributed by atoms with van der Waals surface area (Å²) >= 11 is 0. The van der Waals surface area contributed by atoms with E-state index in [1.54, 1.807) is 13.8 Å². The van der Waals surface area contributed by atoms with Gasteiger partial charge < -0.3 is 14.4 Å². The zero-order chi connectivity index (χ0) is 13.1. The number of rotatable bonds is 5. The minimum atomic E-state index is -0.848. The van der Waals surface area contributed by atoms with E-state index in [0.717, 1.165) is 5.69 Å². The van der Waals surface area contributed by atoms with Gasteiger partial charge in [-0.25, -0.2) is 4.98 Å². The molecule has 0 spiro atoms. The highest BCUT2D eigenvalue weighted by Gasteiger charge is 2.20. The molecule has 0 atom stereocenters. The molecule has 94 valence electrons. The summed E-state index contributed by atoms with van der Waals surface area (Å²) in [6, 6.07) is 2.05. The van der Waals surface area contributed by atoms with Gasteiger partial charge in [0.25, 0.3) is 0 Å². The maximum atomic E-state index is 9.86. The Hall–Kier alpha value is -1.38. The minimum absolute atomic E-state index is 0.356. The molecule has 5 heteroatoms. The Morgan fingerprint density at radius 3 is 2.65 bits per heavy atom. The molecular weight excluding hydrogens is 218 g/mol. The molecule has 0 unspecified atom stereocenters. The summed E-state index contributed by atoms with van der Waals surface area (Å²) in [5.74, 6) is 0.683. The number of aromatic nitrogens is 2. The van der Waals surface area contributed by atoms with Crippen molar-refractivity contribution < 1.29 is 9.84 Å². The largest absolute Gasteiger partial charge is 0.389 e. The van der Waals surface area contributed by atoms with Gasteiger partial charge in [0, 0.05) is 6.61 Å². The van der Waals surface area contributed by atoms with Crippen molar-refractivity contribution >= 4 is 0 Å². The Balaban J connectivity index is 3.06. The van der Waals surface area contributed by atoms with E-state index in [1.807, 2.05) is 24.5 Å². The second-order valence-corrected chi connectivity index (χ2v) is 4.61. The van der Waals surface area contributed by atoms with Crippen molar-refractivity contribution in [3.05, 3.63) is 17.2 Å². The Kier molecular flexibility index (Phi) is 4.27. The van der Waals surface area contributed by atoms with E-state index in [-0.39, 0.29) is 0 Å². The van der Waals surface area contributed by atoms with Gasteiger partial charge in [-0.05, 0) is 27.7 Å². The van der Waals surface area contributed by atoms with Gasteiger partial charge in [0.1, 0.15) is 18.5 Å². The van der Waals surface area contributed by atoms with Crippen LogP contribution in [0.25, 0.3) is 0 Å². The van der Waals surface area contributed by atoms with Crippen LogP contribution >= 0.6 is 0 Å². The molecule has 1 N–H and O–H groups in total. The SMILES string of the molecule is CCOCc1nc(C#N)c(C)n1CC(C)(C)O. The Bertz CT molecular complexity index is 424. The van der Waals surface area contributed by atoms with Crippen molar-refractivity contribution in [3.8, 4) is 6.07 Å². The third-order valence-electron chi connectivity index (χ3n) is 2.39. The lowest BCUT2D eigenvalue weighted by Crippen LogP contribution is -2.28. The average Bonchev–Trinajstić information content (AvgIpc) is 2.51. The van der Waals surface area contributed by atoms with Crippen molar-refractivity contribution in [2.45, 2.75) is 46.4 Å². The van der Waals surface area contributed by atoms with E-state index in [1.165, 1.54) is 0 Å². The highest BCUT2D eigenvalue weighted by atomic mass is 16.5. The molecule has 0 aliphatic carbocycles. The second kappa shape index (κ2) is 5.30. The molecule has 0 amide bonds. The molecule has 0 aromatic carbocycles. The molecule has 17 heavy (non-hydrogen) atoms. The fourth-order valence-corrected chi connectivity index (χ4v) is 1.60. The first-order chi connectivity index (χ1) is 7.89. The summed E-state index contributed by atoms with van der Waals surface area (Å²) in [6.45, 7) is 8.53. The lowest BCUT2D eigenvalue weighted by atomic mass is 10.1. The second-order valence-electron chi connectivity index (χ2n) is 4.61. The molecule has 1 heterocycles. The molecule has 0 bridgehead atoms. The maximum Gasteiger partial charge on any atom is 0.161 e. The van der Waals surface area contributed by atoms with Gasteiger partial charge in [-0.15, -0.1) is 0 Å². The van der Waals surface area contributed by atoms with Crippen LogP contribution < -0.4 is 0 Å². The third-order valence-corrected chi connectivity index (χ3v) is 2.39. The molecule has 0 fully saturated rings. The van der Waals surface area contributed by atoms with Crippen LogP contribution in [0.2, 0.25) is 0 Å². The summed E-state index contributed by atoms with van der Waals surface area (Å²) in [4.78, 5) is 4.22. The average molecular weight is 237 g/mol. The Labute approximate surface area is 102 Å². The fraction of sp³-hybridized carbons (Fsp3) is 0.667. The Morgan fingerprint density at radius 1 is 1.53 bits per heavy atom. The highest BCUT2D eigenvalue weighted by Crippen LogP contribution is 2.16. The van der Waals surface area contributed by atoms with Crippen molar-refractivity contribution in [2.75, 3.05) is 6.61 Å². The number of nitriles is 1. The zero-order valence-electron chi connectivity index (χ0n) is 10.8. The van der Waals surface area contributed by atoms with E-state index in [0.29, 0.717) is 31.3 Å². The van der Waals surface area contributed by atoms with Gasteiger partial charge in [-0.2, -0.15) is 5.26 Å². The molecule has 5 nitrogen and oxygen atoms in total. The topological polar surface area (TPSA) is 71.1 Å². The lowest BCUT2D eigenvalue weighted by Gasteiger charge is -2.20. The molecule has 0 saturated heterocycles. The van der Waals surface area contributed by atoms with Crippen molar-refractivity contribution in [2.24, 2.45) is 0 Å². The number of nitrogens with zero attached hydrogens (tertiary/aromatic N) is 3. The predicted octanol–water partition coefficient (Wildman–Crippen LogP) is 1.37. The van der Waals surface area contributed by atoms with Crippen LogP contribution in [0.1, 0.15) is 38.0 Å². The van der Waals surface area contributed by atoms with Crippen LogP contribution in [0, 0.1) is 18.3 Å². The first kappa shape index (κ1) is 13.7. The number of imidazole rings is 1. The first-order valence-corrected chi connectivity index (χ1v) is 5.65. The van der Waals surface area contributed by atoms with Gasteiger partial charge in [-0.3, -0.25) is 0 Å². The lowest BCUT2D eigenvalue weighted by molar-refractivity contribution is 0.0562. The number of ether oxygens (including phenoxy) is 1. The van der Waals surface area contributed by atoms with E-state index in [2.05, 4.69) is 4.98 Å². The van der Waals surface area contributed by atoms with Gasteiger partial charge in [0.05, 0.1) is 17.8 Å². The van der Waals surface area contributed by atoms with Gasteiger partial charge >= 0.3 is 0 Å². The standard InChI is InChI=1S/C12H19N3O2/c1-5-17-7-11-14-10(6-13)9(2)15(11)8-12(3,4)16/h16H,5,7-8H2,1-4H3. The van der Waals surface area contributed by atoms with Crippen LogP contribution in [-0.4, -0.2) is 26.9 Å². The molecule has 0 aliphatic heterocycles. The summed E-state index contributed by atoms with van der Waals surface area (Å²) in [5, 5.41) is 18.8. The van der Waals surface area contributed by atoms with Crippen LogP contribution in [0.5, 0.6) is 0 Å². The normalized spacial score (nSPS) is 11.5. The summed E-state index contributed by atoms with van der Waals surface area (Å²) < 4.78 is 7.15. The van der Waals surface area contributed by atoms with Crippen molar-refractivity contribution in [3.63, 3.8) is 0 Å². The van der Waals surface area contributed by atoms with Gasteiger partial charge in [-0.1, -0.05) is 0 Å².